The lowest BCUT2D eigenvalue weighted by Crippen LogP contribution is -2.48. The quantitative estimate of drug-likeness (QED) is 0.298. The van der Waals surface area contributed by atoms with Gasteiger partial charge in [0.1, 0.15) is 17.1 Å². The monoisotopic (exact) mass is 548 g/mol. The molecule has 204 valence electrons. The third kappa shape index (κ3) is 4.44. The van der Waals surface area contributed by atoms with Crippen LogP contribution in [-0.2, 0) is 11.3 Å². The molecule has 1 aliphatic rings. The maximum atomic E-state index is 15.5. The van der Waals surface area contributed by atoms with Crippen molar-refractivity contribution in [2.24, 2.45) is 0 Å². The Hall–Kier alpha value is -5.07. The number of hydrogen-bond donors (Lipinski definition) is 2. The lowest BCUT2D eigenvalue weighted by Gasteiger charge is -2.16. The van der Waals surface area contributed by atoms with Crippen LogP contribution >= 0.6 is 0 Å². The highest BCUT2D eigenvalue weighted by molar-refractivity contribution is 5.99. The van der Waals surface area contributed by atoms with E-state index in [1.165, 1.54) is 25.3 Å². The molecule has 0 atom stereocenters. The number of aryl methyl sites for hydroxylation is 1. The molecule has 2 aromatic carbocycles. The van der Waals surface area contributed by atoms with Gasteiger partial charge in [0.2, 0.25) is 23.4 Å². The summed E-state index contributed by atoms with van der Waals surface area (Å²) >= 11 is 0. The Kier molecular flexibility index (Phi) is 6.05. The summed E-state index contributed by atoms with van der Waals surface area (Å²) in [7, 11) is 1.40. The summed E-state index contributed by atoms with van der Waals surface area (Å²) in [5.74, 6) is -1.75. The fourth-order valence-corrected chi connectivity index (χ4v) is 4.48. The average molecular weight is 549 g/mol. The van der Waals surface area contributed by atoms with E-state index in [1.807, 2.05) is 0 Å². The van der Waals surface area contributed by atoms with Crippen LogP contribution in [0.4, 0.5) is 8.78 Å². The maximum Gasteiger partial charge on any atom is 0.290 e. The summed E-state index contributed by atoms with van der Waals surface area (Å²) in [6.45, 7) is 1.78. The average Bonchev–Trinajstić information content (AvgIpc) is 3.25. The van der Waals surface area contributed by atoms with Crippen molar-refractivity contribution in [2.45, 2.75) is 31.8 Å². The van der Waals surface area contributed by atoms with Gasteiger partial charge in [-0.25, -0.2) is 8.78 Å². The van der Waals surface area contributed by atoms with E-state index in [0.29, 0.717) is 24.0 Å². The number of ether oxygens (including phenoxy) is 1. The molecule has 1 saturated carbocycles. The van der Waals surface area contributed by atoms with E-state index in [1.54, 1.807) is 35.8 Å². The van der Waals surface area contributed by atoms with Gasteiger partial charge in [0.05, 0.1) is 18.7 Å². The van der Waals surface area contributed by atoms with Crippen LogP contribution in [0.15, 0.2) is 57.6 Å². The van der Waals surface area contributed by atoms with Crippen molar-refractivity contribution >= 4 is 22.7 Å². The summed E-state index contributed by atoms with van der Waals surface area (Å²) in [4.78, 5) is 29.5. The molecule has 0 saturated heterocycles. The Labute approximate surface area is 225 Å². The smallest absolute Gasteiger partial charge is 0.290 e. The van der Waals surface area contributed by atoms with E-state index in [4.69, 9.17) is 13.8 Å². The van der Waals surface area contributed by atoms with E-state index in [-0.39, 0.29) is 46.9 Å². The molecule has 3 aromatic heterocycles. The van der Waals surface area contributed by atoms with Crippen LogP contribution in [0.1, 0.15) is 34.9 Å². The number of rotatable bonds is 8. The number of amides is 2. The first-order chi connectivity index (χ1) is 19.3. The molecule has 2 amide bonds. The fourth-order valence-electron chi connectivity index (χ4n) is 4.48. The summed E-state index contributed by atoms with van der Waals surface area (Å²) in [5, 5.41) is 13.1. The number of halogens is 2. The van der Waals surface area contributed by atoms with Gasteiger partial charge in [0, 0.05) is 24.5 Å². The number of benzene rings is 2. The SMILES string of the molecule is COc1cc(C(=O)NC2(C(=O)NCc3ccc(-n4c(-c5noc(C)n5)c(F)c5cc(F)ccc54)cc3)CC2)on1. The summed E-state index contributed by atoms with van der Waals surface area (Å²) < 4.78 is 45.9. The van der Waals surface area contributed by atoms with E-state index in [9.17, 15) is 14.0 Å². The van der Waals surface area contributed by atoms with Gasteiger partial charge in [0.15, 0.2) is 5.82 Å². The molecule has 1 aliphatic carbocycles. The van der Waals surface area contributed by atoms with Crippen LogP contribution < -0.4 is 15.4 Å². The van der Waals surface area contributed by atoms with Crippen LogP contribution in [0.3, 0.4) is 0 Å². The van der Waals surface area contributed by atoms with Crippen LogP contribution in [0, 0.1) is 18.6 Å². The largest absolute Gasteiger partial charge is 0.479 e. The summed E-state index contributed by atoms with van der Waals surface area (Å²) in [5.41, 5.74) is 0.772. The Bertz CT molecular complexity index is 1750. The number of aromatic nitrogens is 4. The first-order valence-corrected chi connectivity index (χ1v) is 12.3. The van der Waals surface area contributed by atoms with Gasteiger partial charge in [-0.1, -0.05) is 17.3 Å². The van der Waals surface area contributed by atoms with Gasteiger partial charge in [-0.2, -0.15) is 4.98 Å². The molecule has 2 N–H and O–H groups in total. The Morgan fingerprint density at radius 1 is 1.07 bits per heavy atom. The third-order valence-electron chi connectivity index (χ3n) is 6.71. The van der Waals surface area contributed by atoms with Gasteiger partial charge in [-0.05, 0) is 53.9 Å². The third-order valence-corrected chi connectivity index (χ3v) is 6.71. The number of fused-ring (bicyclic) bond motifs is 1. The Morgan fingerprint density at radius 3 is 2.50 bits per heavy atom. The highest BCUT2D eigenvalue weighted by atomic mass is 19.1. The van der Waals surface area contributed by atoms with Crippen LogP contribution in [-0.4, -0.2) is 44.3 Å². The lowest BCUT2D eigenvalue weighted by atomic mass is 10.1. The molecule has 6 rings (SSSR count). The molecule has 0 unspecified atom stereocenters. The van der Waals surface area contributed by atoms with Gasteiger partial charge in [0.25, 0.3) is 11.8 Å². The molecule has 0 aliphatic heterocycles. The van der Waals surface area contributed by atoms with Gasteiger partial charge >= 0.3 is 0 Å². The number of hydrogen-bond acceptors (Lipinski definition) is 8. The molecule has 11 nitrogen and oxygen atoms in total. The van der Waals surface area contributed by atoms with Crippen molar-refractivity contribution in [3.05, 3.63) is 77.4 Å². The first kappa shape index (κ1) is 25.2. The zero-order valence-electron chi connectivity index (χ0n) is 21.3. The number of carbonyl (C=O) groups excluding carboxylic acids is 2. The van der Waals surface area contributed by atoms with Crippen molar-refractivity contribution in [2.75, 3.05) is 7.11 Å². The minimum Gasteiger partial charge on any atom is -0.479 e. The summed E-state index contributed by atoms with van der Waals surface area (Å²) in [6.07, 6.45) is 0.972. The normalized spacial score (nSPS) is 13.8. The van der Waals surface area contributed by atoms with E-state index in [2.05, 4.69) is 25.9 Å². The second-order valence-electron chi connectivity index (χ2n) is 9.42. The van der Waals surface area contributed by atoms with Crippen LogP contribution in [0.2, 0.25) is 0 Å². The second-order valence-corrected chi connectivity index (χ2v) is 9.42. The highest BCUT2D eigenvalue weighted by Crippen LogP contribution is 2.37. The van der Waals surface area contributed by atoms with Crippen molar-refractivity contribution < 1.29 is 32.2 Å². The number of nitrogens with zero attached hydrogens (tertiary/aromatic N) is 4. The van der Waals surface area contributed by atoms with Crippen LogP contribution in [0.25, 0.3) is 28.1 Å². The van der Waals surface area contributed by atoms with Gasteiger partial charge in [-0.15, -0.1) is 0 Å². The molecule has 0 bridgehead atoms. The topological polar surface area (TPSA) is 137 Å². The van der Waals surface area contributed by atoms with Crippen molar-refractivity contribution in [3.63, 3.8) is 0 Å². The highest BCUT2D eigenvalue weighted by Gasteiger charge is 2.51. The van der Waals surface area contributed by atoms with E-state index in [0.717, 1.165) is 11.6 Å². The second kappa shape index (κ2) is 9.59. The van der Waals surface area contributed by atoms with E-state index >= 15 is 4.39 Å². The summed E-state index contributed by atoms with van der Waals surface area (Å²) in [6, 6.07) is 12.2. The minimum atomic E-state index is -1.02. The van der Waals surface area contributed by atoms with Gasteiger partial charge in [-0.3, -0.25) is 9.59 Å². The van der Waals surface area contributed by atoms with Crippen molar-refractivity contribution in [1.82, 2.24) is 30.5 Å². The van der Waals surface area contributed by atoms with Gasteiger partial charge < -0.3 is 29.0 Å². The number of methoxy groups -OCH3 is 1. The molecule has 13 heteroatoms. The number of carbonyl (C=O) groups is 2. The molecule has 1 fully saturated rings. The molecule has 40 heavy (non-hydrogen) atoms. The zero-order valence-corrected chi connectivity index (χ0v) is 21.3. The lowest BCUT2D eigenvalue weighted by molar-refractivity contribution is -0.124. The molecular formula is C27H22F2N6O5. The van der Waals surface area contributed by atoms with Crippen molar-refractivity contribution in [3.8, 4) is 23.1 Å². The molecule has 3 heterocycles. The standard InChI is InChI=1S/C27H22F2N6O5/c1-14-31-24(34-39-14)23-22(29)18-11-16(28)5-8-19(18)35(23)17-6-3-15(4-7-17)13-30-26(37)27(9-10-27)32-25(36)20-12-21(38-2)33-40-20/h3-8,11-12H,9-10,13H2,1-2H3,(H,30,37)(H,32,36). The zero-order chi connectivity index (χ0) is 28.0. The Balaban J connectivity index is 1.20. The van der Waals surface area contributed by atoms with E-state index < -0.39 is 23.1 Å². The predicted molar refractivity (Wildman–Crippen MR) is 136 cm³/mol. The molecule has 5 aromatic rings. The predicted octanol–water partition coefficient (Wildman–Crippen LogP) is 3.84. The first-order valence-electron chi connectivity index (χ1n) is 12.3. The molecular weight excluding hydrogens is 526 g/mol. The molecule has 0 spiro atoms. The Morgan fingerprint density at radius 2 is 1.85 bits per heavy atom. The maximum absolute atomic E-state index is 15.5. The molecule has 0 radical (unpaired) electrons. The fraction of sp³-hybridized carbons (Fsp3) is 0.222. The number of nitrogens with one attached hydrogen (secondary N) is 2. The minimum absolute atomic E-state index is 0.0310. The van der Waals surface area contributed by atoms with Crippen molar-refractivity contribution in [1.29, 1.82) is 0 Å². The van der Waals surface area contributed by atoms with Crippen LogP contribution in [0.5, 0.6) is 5.88 Å².